The zero-order valence-electron chi connectivity index (χ0n) is 6.72. The summed E-state index contributed by atoms with van der Waals surface area (Å²) in [6.45, 7) is 1.09. The van der Waals surface area contributed by atoms with Crippen molar-refractivity contribution in [3.8, 4) is 0 Å². The third-order valence-corrected chi connectivity index (χ3v) is 1.83. The van der Waals surface area contributed by atoms with Crippen LogP contribution in [0.4, 0.5) is 0 Å². The molecule has 0 saturated heterocycles. The second-order valence-electron chi connectivity index (χ2n) is 2.90. The number of carbonyl (C=O) groups is 1. The maximum Gasteiger partial charge on any atom is 0.240 e. The van der Waals surface area contributed by atoms with Gasteiger partial charge < -0.3 is 15.8 Å². The van der Waals surface area contributed by atoms with E-state index in [1.165, 1.54) is 0 Å². The number of hydrogen-bond donors (Lipinski definition) is 2. The van der Waals surface area contributed by atoms with Gasteiger partial charge >= 0.3 is 0 Å². The van der Waals surface area contributed by atoms with E-state index in [-0.39, 0.29) is 5.91 Å². The molecule has 0 aromatic heterocycles. The Hall–Kier alpha value is -0.610. The smallest absolute Gasteiger partial charge is 0.240 e. The number of nitrogens with two attached hydrogens (primary N) is 1. The standard InChI is InChI=1S/C7H14N2O2/c1-11-5-4-9-6(10)7(8)2-3-7/h2-5,8H2,1H3,(H,9,10). The summed E-state index contributed by atoms with van der Waals surface area (Å²) in [5.74, 6) is -0.0467. The van der Waals surface area contributed by atoms with E-state index < -0.39 is 5.54 Å². The molecule has 0 atom stereocenters. The fourth-order valence-corrected chi connectivity index (χ4v) is 0.804. The first-order valence-electron chi connectivity index (χ1n) is 3.75. The minimum atomic E-state index is -0.548. The van der Waals surface area contributed by atoms with Crippen LogP contribution in [-0.2, 0) is 9.53 Å². The second kappa shape index (κ2) is 3.19. The third kappa shape index (κ3) is 2.17. The largest absolute Gasteiger partial charge is 0.383 e. The molecule has 0 heterocycles. The first-order chi connectivity index (χ1) is 5.19. The summed E-state index contributed by atoms with van der Waals surface area (Å²) in [6.07, 6.45) is 1.62. The number of nitrogens with one attached hydrogen (secondary N) is 1. The van der Waals surface area contributed by atoms with E-state index in [0.717, 1.165) is 12.8 Å². The van der Waals surface area contributed by atoms with Crippen LogP contribution in [0.25, 0.3) is 0 Å². The van der Waals surface area contributed by atoms with Gasteiger partial charge in [-0.3, -0.25) is 4.79 Å². The molecule has 3 N–H and O–H groups in total. The highest BCUT2D eigenvalue weighted by Crippen LogP contribution is 2.31. The van der Waals surface area contributed by atoms with E-state index in [4.69, 9.17) is 10.5 Å². The van der Waals surface area contributed by atoms with Gasteiger partial charge in [-0.25, -0.2) is 0 Å². The van der Waals surface area contributed by atoms with Crippen molar-refractivity contribution >= 4 is 5.91 Å². The van der Waals surface area contributed by atoms with Crippen molar-refractivity contribution in [1.29, 1.82) is 0 Å². The lowest BCUT2D eigenvalue weighted by molar-refractivity contribution is -0.123. The van der Waals surface area contributed by atoms with Crippen molar-refractivity contribution in [1.82, 2.24) is 5.32 Å². The van der Waals surface area contributed by atoms with Crippen LogP contribution in [0.2, 0.25) is 0 Å². The van der Waals surface area contributed by atoms with Crippen LogP contribution in [0.3, 0.4) is 0 Å². The topological polar surface area (TPSA) is 64.3 Å². The third-order valence-electron chi connectivity index (χ3n) is 1.83. The first-order valence-corrected chi connectivity index (χ1v) is 3.75. The van der Waals surface area contributed by atoms with Crippen molar-refractivity contribution in [2.75, 3.05) is 20.3 Å². The Morgan fingerprint density at radius 2 is 2.36 bits per heavy atom. The normalized spacial score (nSPS) is 19.5. The highest BCUT2D eigenvalue weighted by Gasteiger charge is 2.45. The summed E-state index contributed by atoms with van der Waals surface area (Å²) in [4.78, 5) is 11.1. The number of rotatable bonds is 4. The highest BCUT2D eigenvalue weighted by molar-refractivity contribution is 5.88. The van der Waals surface area contributed by atoms with Gasteiger partial charge in [-0.2, -0.15) is 0 Å². The fourth-order valence-electron chi connectivity index (χ4n) is 0.804. The number of carbonyl (C=O) groups excluding carboxylic acids is 1. The summed E-state index contributed by atoms with van der Waals surface area (Å²) >= 11 is 0. The SMILES string of the molecule is COCCNC(=O)C1(N)CC1. The van der Waals surface area contributed by atoms with Crippen molar-refractivity contribution in [2.24, 2.45) is 5.73 Å². The lowest BCUT2D eigenvalue weighted by atomic mass is 10.3. The Labute approximate surface area is 66.1 Å². The Balaban J connectivity index is 2.12. The zero-order chi connectivity index (χ0) is 8.32. The van der Waals surface area contributed by atoms with Crippen molar-refractivity contribution in [3.05, 3.63) is 0 Å². The Morgan fingerprint density at radius 1 is 1.73 bits per heavy atom. The highest BCUT2D eigenvalue weighted by atomic mass is 16.5. The molecule has 0 radical (unpaired) electrons. The van der Waals surface area contributed by atoms with Gasteiger partial charge in [-0.15, -0.1) is 0 Å². The van der Waals surface area contributed by atoms with Crippen molar-refractivity contribution in [2.45, 2.75) is 18.4 Å². The lowest BCUT2D eigenvalue weighted by Gasteiger charge is -2.08. The molecular formula is C7H14N2O2. The molecular weight excluding hydrogens is 144 g/mol. The minimum Gasteiger partial charge on any atom is -0.383 e. The molecule has 4 nitrogen and oxygen atoms in total. The molecule has 4 heteroatoms. The fraction of sp³-hybridized carbons (Fsp3) is 0.857. The van der Waals surface area contributed by atoms with Gasteiger partial charge in [0.05, 0.1) is 12.1 Å². The van der Waals surface area contributed by atoms with E-state index >= 15 is 0 Å². The predicted octanol–water partition coefficient (Wildman–Crippen LogP) is -0.760. The van der Waals surface area contributed by atoms with E-state index in [1.54, 1.807) is 7.11 Å². The van der Waals surface area contributed by atoms with Crippen LogP contribution in [0.5, 0.6) is 0 Å². The van der Waals surface area contributed by atoms with Crippen molar-refractivity contribution in [3.63, 3.8) is 0 Å². The number of hydrogen-bond acceptors (Lipinski definition) is 3. The summed E-state index contributed by atoms with van der Waals surface area (Å²) < 4.78 is 4.77. The van der Waals surface area contributed by atoms with Crippen LogP contribution in [0, 0.1) is 0 Å². The van der Waals surface area contributed by atoms with Gasteiger partial charge in [0.1, 0.15) is 0 Å². The molecule has 11 heavy (non-hydrogen) atoms. The summed E-state index contributed by atoms with van der Waals surface area (Å²) in [5.41, 5.74) is 5.07. The van der Waals surface area contributed by atoms with Gasteiger partial charge in [0.2, 0.25) is 5.91 Å². The Kier molecular flexibility index (Phi) is 2.46. The van der Waals surface area contributed by atoms with Crippen LogP contribution < -0.4 is 11.1 Å². The second-order valence-corrected chi connectivity index (χ2v) is 2.90. The number of amides is 1. The Bertz CT molecular complexity index is 155. The monoisotopic (exact) mass is 158 g/mol. The molecule has 0 bridgehead atoms. The summed E-state index contributed by atoms with van der Waals surface area (Å²) in [5, 5.41) is 2.70. The van der Waals surface area contributed by atoms with Gasteiger partial charge in [-0.05, 0) is 12.8 Å². The number of methoxy groups -OCH3 is 1. The first kappa shape index (κ1) is 8.49. The molecule has 1 aliphatic rings. The molecule has 1 rings (SSSR count). The molecule has 0 aromatic rings. The zero-order valence-corrected chi connectivity index (χ0v) is 6.72. The van der Waals surface area contributed by atoms with Crippen LogP contribution in [0.15, 0.2) is 0 Å². The molecule has 0 aliphatic heterocycles. The van der Waals surface area contributed by atoms with Crippen LogP contribution >= 0.6 is 0 Å². The molecule has 64 valence electrons. The maximum absolute atomic E-state index is 11.1. The summed E-state index contributed by atoms with van der Waals surface area (Å²) in [6, 6.07) is 0. The summed E-state index contributed by atoms with van der Waals surface area (Å²) in [7, 11) is 1.60. The van der Waals surface area contributed by atoms with Gasteiger partial charge in [0, 0.05) is 13.7 Å². The minimum absolute atomic E-state index is 0.0467. The van der Waals surface area contributed by atoms with E-state index in [9.17, 15) is 4.79 Å². The molecule has 1 saturated carbocycles. The molecule has 1 amide bonds. The molecule has 1 aliphatic carbocycles. The maximum atomic E-state index is 11.1. The Morgan fingerprint density at radius 3 is 2.82 bits per heavy atom. The number of ether oxygens (including phenoxy) is 1. The average molecular weight is 158 g/mol. The van der Waals surface area contributed by atoms with Gasteiger partial charge in [0.15, 0.2) is 0 Å². The molecule has 1 fully saturated rings. The van der Waals surface area contributed by atoms with E-state index in [1.807, 2.05) is 0 Å². The van der Waals surface area contributed by atoms with Gasteiger partial charge in [-0.1, -0.05) is 0 Å². The lowest BCUT2D eigenvalue weighted by Crippen LogP contribution is -2.43. The van der Waals surface area contributed by atoms with Crippen LogP contribution in [0.1, 0.15) is 12.8 Å². The molecule has 0 spiro atoms. The molecule has 0 unspecified atom stereocenters. The predicted molar refractivity (Wildman–Crippen MR) is 41.0 cm³/mol. The van der Waals surface area contributed by atoms with E-state index in [2.05, 4.69) is 5.32 Å². The van der Waals surface area contributed by atoms with Gasteiger partial charge in [0.25, 0.3) is 0 Å². The molecule has 0 aromatic carbocycles. The van der Waals surface area contributed by atoms with Crippen molar-refractivity contribution < 1.29 is 9.53 Å². The van der Waals surface area contributed by atoms with Crippen LogP contribution in [-0.4, -0.2) is 31.7 Å². The van der Waals surface area contributed by atoms with E-state index in [0.29, 0.717) is 13.2 Å². The average Bonchev–Trinajstić information content (AvgIpc) is 2.70. The quantitative estimate of drug-likeness (QED) is 0.529.